The first-order chi connectivity index (χ1) is 12.4. The standard InChI is InChI=1S/C17H15F6N3O/c18-16(19,20)10-1-8(2-11(6-10)17(21,22)23)3-13(25)15(27)26-12(7-24)4-9-5-14(9)26/h1-2,6,9,12-14H,3-5,25H2/t9?,12-,13-,14-/m0/s1. The Morgan fingerprint density at radius 1 is 1.15 bits per heavy atom. The summed E-state index contributed by atoms with van der Waals surface area (Å²) in [7, 11) is 0. The molecule has 4 atom stereocenters. The van der Waals surface area contributed by atoms with Crippen LogP contribution in [-0.2, 0) is 23.6 Å². The lowest BCUT2D eigenvalue weighted by molar-refractivity contribution is -0.143. The second-order valence-corrected chi connectivity index (χ2v) is 6.91. The Balaban J connectivity index is 1.84. The Bertz CT molecular complexity index is 765. The summed E-state index contributed by atoms with van der Waals surface area (Å²) in [5, 5.41) is 9.11. The summed E-state index contributed by atoms with van der Waals surface area (Å²) in [6.45, 7) is 0. The van der Waals surface area contributed by atoms with Gasteiger partial charge in [-0.15, -0.1) is 0 Å². The summed E-state index contributed by atoms with van der Waals surface area (Å²) >= 11 is 0. The van der Waals surface area contributed by atoms with Crippen LogP contribution in [0.3, 0.4) is 0 Å². The lowest BCUT2D eigenvalue weighted by atomic mass is 9.99. The number of hydrogen-bond acceptors (Lipinski definition) is 3. The molecule has 1 aliphatic heterocycles. The summed E-state index contributed by atoms with van der Waals surface area (Å²) in [6, 6.07) is 1.04. The van der Waals surface area contributed by atoms with Gasteiger partial charge < -0.3 is 10.6 Å². The maximum absolute atomic E-state index is 12.9. The number of likely N-dealkylation sites (tertiary alicyclic amines) is 1. The highest BCUT2D eigenvalue weighted by molar-refractivity contribution is 5.83. The van der Waals surface area contributed by atoms with Gasteiger partial charge in [-0.1, -0.05) is 0 Å². The predicted octanol–water partition coefficient (Wildman–Crippen LogP) is 3.11. The van der Waals surface area contributed by atoms with Crippen molar-refractivity contribution in [2.24, 2.45) is 11.7 Å². The van der Waals surface area contributed by atoms with Gasteiger partial charge in [0.15, 0.2) is 0 Å². The number of fused-ring (bicyclic) bond motifs is 1. The molecule has 0 aromatic heterocycles. The molecule has 0 bridgehead atoms. The third-order valence-corrected chi connectivity index (χ3v) is 4.93. The topological polar surface area (TPSA) is 70.1 Å². The molecule has 1 heterocycles. The van der Waals surface area contributed by atoms with E-state index in [2.05, 4.69) is 0 Å². The minimum atomic E-state index is -4.97. The maximum Gasteiger partial charge on any atom is 0.416 e. The van der Waals surface area contributed by atoms with Crippen molar-refractivity contribution in [2.45, 2.75) is 49.7 Å². The van der Waals surface area contributed by atoms with E-state index in [9.17, 15) is 31.1 Å². The number of rotatable bonds is 3. The number of carbonyl (C=O) groups is 1. The number of amides is 1. The molecule has 27 heavy (non-hydrogen) atoms. The molecule has 1 aliphatic carbocycles. The molecule has 0 radical (unpaired) electrons. The van der Waals surface area contributed by atoms with Crippen LogP contribution in [0.5, 0.6) is 0 Å². The van der Waals surface area contributed by atoms with Crippen molar-refractivity contribution >= 4 is 5.91 Å². The van der Waals surface area contributed by atoms with Crippen LogP contribution in [0.25, 0.3) is 0 Å². The van der Waals surface area contributed by atoms with Gasteiger partial charge >= 0.3 is 12.4 Å². The molecular formula is C17H15F6N3O. The second-order valence-electron chi connectivity index (χ2n) is 6.91. The zero-order valence-corrected chi connectivity index (χ0v) is 13.8. The molecule has 1 unspecified atom stereocenters. The van der Waals surface area contributed by atoms with Gasteiger partial charge in [0, 0.05) is 6.04 Å². The van der Waals surface area contributed by atoms with E-state index in [1.54, 1.807) is 0 Å². The first-order valence-electron chi connectivity index (χ1n) is 8.17. The average Bonchev–Trinajstić information content (AvgIpc) is 3.22. The zero-order valence-electron chi connectivity index (χ0n) is 13.8. The SMILES string of the molecule is N#C[C@@H]1CC2C[C@@H]2N1C(=O)[C@@H](N)Cc1cc(C(F)(F)F)cc(C(F)(F)F)c1. The largest absolute Gasteiger partial charge is 0.416 e. The molecule has 2 aliphatic rings. The van der Waals surface area contributed by atoms with Crippen LogP contribution >= 0.6 is 0 Å². The van der Waals surface area contributed by atoms with Gasteiger partial charge in [0.1, 0.15) is 6.04 Å². The first-order valence-corrected chi connectivity index (χ1v) is 8.17. The molecule has 1 saturated heterocycles. The molecular weight excluding hydrogens is 376 g/mol. The number of nitriles is 1. The Hall–Kier alpha value is -2.28. The normalized spacial score (nSPS) is 25.7. The first kappa shape index (κ1) is 19.5. The van der Waals surface area contributed by atoms with Crippen LogP contribution in [0, 0.1) is 17.2 Å². The van der Waals surface area contributed by atoms with E-state index < -0.39 is 47.9 Å². The summed E-state index contributed by atoms with van der Waals surface area (Å²) in [6.07, 6.45) is -9.17. The van der Waals surface area contributed by atoms with E-state index in [0.29, 0.717) is 18.6 Å². The number of carbonyl (C=O) groups excluding carboxylic acids is 1. The van der Waals surface area contributed by atoms with Gasteiger partial charge in [-0.25, -0.2) is 0 Å². The lowest BCUT2D eigenvalue weighted by Crippen LogP contribution is -2.48. The van der Waals surface area contributed by atoms with Crippen molar-refractivity contribution in [3.8, 4) is 6.07 Å². The smallest absolute Gasteiger partial charge is 0.322 e. The van der Waals surface area contributed by atoms with Crippen molar-refractivity contribution in [3.05, 3.63) is 34.9 Å². The Kier molecular flexibility index (Phi) is 4.62. The molecule has 2 fully saturated rings. The fraction of sp³-hybridized carbons (Fsp3) is 0.529. The van der Waals surface area contributed by atoms with Crippen LogP contribution < -0.4 is 5.73 Å². The molecule has 1 amide bonds. The molecule has 146 valence electrons. The number of halogens is 6. The van der Waals surface area contributed by atoms with E-state index in [-0.39, 0.29) is 23.6 Å². The van der Waals surface area contributed by atoms with Crippen LogP contribution in [0.4, 0.5) is 26.3 Å². The van der Waals surface area contributed by atoms with Gasteiger partial charge in [-0.2, -0.15) is 31.6 Å². The van der Waals surface area contributed by atoms with E-state index in [1.807, 2.05) is 6.07 Å². The van der Waals surface area contributed by atoms with Crippen LogP contribution in [0.15, 0.2) is 18.2 Å². The average molecular weight is 391 g/mol. The number of hydrogen-bond donors (Lipinski definition) is 1. The predicted molar refractivity (Wildman–Crippen MR) is 80.9 cm³/mol. The number of alkyl halides is 6. The Labute approximate surface area is 150 Å². The van der Waals surface area contributed by atoms with Crippen molar-refractivity contribution < 1.29 is 31.1 Å². The molecule has 10 heteroatoms. The highest BCUT2D eigenvalue weighted by atomic mass is 19.4. The molecule has 3 rings (SSSR count). The lowest BCUT2D eigenvalue weighted by Gasteiger charge is -2.26. The van der Waals surface area contributed by atoms with Crippen LogP contribution in [-0.4, -0.2) is 28.9 Å². The quantitative estimate of drug-likeness (QED) is 0.805. The number of nitrogens with two attached hydrogens (primary N) is 1. The van der Waals surface area contributed by atoms with Gasteiger partial charge in [0.2, 0.25) is 5.91 Å². The van der Waals surface area contributed by atoms with Gasteiger partial charge in [0.05, 0.1) is 23.2 Å². The number of piperidine rings is 1. The van der Waals surface area contributed by atoms with Crippen molar-refractivity contribution in [3.63, 3.8) is 0 Å². The molecule has 0 spiro atoms. The molecule has 1 aromatic carbocycles. The number of benzene rings is 1. The van der Waals surface area contributed by atoms with Gasteiger partial charge in [-0.05, 0) is 48.9 Å². The van der Waals surface area contributed by atoms with Gasteiger partial charge in [-0.3, -0.25) is 4.79 Å². The highest BCUT2D eigenvalue weighted by Gasteiger charge is 2.54. The number of nitrogens with zero attached hydrogens (tertiary/aromatic N) is 2. The summed E-state index contributed by atoms with van der Waals surface area (Å²) in [5.74, 6) is -0.409. The fourth-order valence-corrected chi connectivity index (χ4v) is 3.56. The maximum atomic E-state index is 12.9. The molecule has 2 N–H and O–H groups in total. The Morgan fingerprint density at radius 2 is 1.70 bits per heavy atom. The molecule has 1 saturated carbocycles. The van der Waals surface area contributed by atoms with E-state index in [4.69, 9.17) is 11.0 Å². The highest BCUT2D eigenvalue weighted by Crippen LogP contribution is 2.47. The van der Waals surface area contributed by atoms with E-state index >= 15 is 0 Å². The minimum Gasteiger partial charge on any atom is -0.322 e. The minimum absolute atomic E-state index is 0.0256. The van der Waals surface area contributed by atoms with Crippen molar-refractivity contribution in [1.82, 2.24) is 4.90 Å². The fourth-order valence-electron chi connectivity index (χ4n) is 3.56. The molecule has 1 aromatic rings. The van der Waals surface area contributed by atoms with Crippen LogP contribution in [0.2, 0.25) is 0 Å². The van der Waals surface area contributed by atoms with E-state index in [1.165, 1.54) is 4.90 Å². The van der Waals surface area contributed by atoms with Crippen molar-refractivity contribution in [1.29, 1.82) is 5.26 Å². The summed E-state index contributed by atoms with van der Waals surface area (Å²) in [5.41, 5.74) is 2.54. The van der Waals surface area contributed by atoms with Gasteiger partial charge in [0.25, 0.3) is 0 Å². The third-order valence-electron chi connectivity index (χ3n) is 4.93. The summed E-state index contributed by atoms with van der Waals surface area (Å²) < 4.78 is 77.5. The second kappa shape index (κ2) is 6.41. The van der Waals surface area contributed by atoms with E-state index in [0.717, 1.165) is 6.42 Å². The monoisotopic (exact) mass is 391 g/mol. The summed E-state index contributed by atoms with van der Waals surface area (Å²) in [4.78, 5) is 13.9. The van der Waals surface area contributed by atoms with Crippen molar-refractivity contribution in [2.75, 3.05) is 0 Å². The zero-order chi connectivity index (χ0) is 20.1. The Morgan fingerprint density at radius 3 is 2.19 bits per heavy atom. The molecule has 4 nitrogen and oxygen atoms in total. The van der Waals surface area contributed by atoms with Crippen LogP contribution in [0.1, 0.15) is 29.5 Å². The third kappa shape index (κ3) is 3.88.